The van der Waals surface area contributed by atoms with E-state index in [4.69, 9.17) is 23.8 Å². The lowest BCUT2D eigenvalue weighted by Gasteiger charge is -2.35. The Bertz CT molecular complexity index is 520. The van der Waals surface area contributed by atoms with E-state index in [1.807, 2.05) is 0 Å². The number of thiocarbonyl (C=S) groups is 1. The maximum atomic E-state index is 11.9. The van der Waals surface area contributed by atoms with Crippen LogP contribution in [0.3, 0.4) is 0 Å². The van der Waals surface area contributed by atoms with Gasteiger partial charge in [0.15, 0.2) is 5.11 Å². The van der Waals surface area contributed by atoms with Crippen molar-refractivity contribution in [1.29, 1.82) is 0 Å². The van der Waals surface area contributed by atoms with Gasteiger partial charge in [0, 0.05) is 6.04 Å². The van der Waals surface area contributed by atoms with Gasteiger partial charge >= 0.3 is 0 Å². The summed E-state index contributed by atoms with van der Waals surface area (Å²) in [6, 6.07) is 3.75. The van der Waals surface area contributed by atoms with E-state index >= 15 is 0 Å². The van der Waals surface area contributed by atoms with Crippen molar-refractivity contribution in [3.8, 4) is 0 Å². The minimum Gasteiger partial charge on any atom is -0.358 e. The highest BCUT2D eigenvalue weighted by atomic mass is 35.5. The second-order valence-electron chi connectivity index (χ2n) is 5.53. The molecule has 0 radical (unpaired) electrons. The first-order chi connectivity index (χ1) is 9.97. The first-order valence-corrected chi connectivity index (χ1v) is 8.70. The zero-order valence-corrected chi connectivity index (χ0v) is 14.5. The molecular weight excluding hydrogens is 326 g/mol. The highest BCUT2D eigenvalue weighted by molar-refractivity contribution is 7.80. The molecule has 21 heavy (non-hydrogen) atoms. The molecule has 4 nitrogen and oxygen atoms in total. The lowest BCUT2D eigenvalue weighted by molar-refractivity contribution is 0.0947. The average Bonchev–Trinajstić information content (AvgIpc) is 2.88. The molecule has 116 valence electrons. The second-order valence-corrected chi connectivity index (χ2v) is 7.65. The number of thiophene rings is 1. The summed E-state index contributed by atoms with van der Waals surface area (Å²) >= 11 is 12.3. The third kappa shape index (κ3) is 4.56. The van der Waals surface area contributed by atoms with E-state index in [2.05, 4.69) is 30.0 Å². The Labute approximate surface area is 139 Å². The van der Waals surface area contributed by atoms with Crippen molar-refractivity contribution in [2.75, 3.05) is 0 Å². The van der Waals surface area contributed by atoms with Gasteiger partial charge in [-0.25, -0.2) is 0 Å². The molecule has 2 rings (SSSR count). The largest absolute Gasteiger partial charge is 0.358 e. The van der Waals surface area contributed by atoms with Crippen molar-refractivity contribution in [2.45, 2.75) is 39.2 Å². The van der Waals surface area contributed by atoms with Gasteiger partial charge in [-0.3, -0.25) is 15.6 Å². The summed E-state index contributed by atoms with van der Waals surface area (Å²) in [7, 11) is 0. The lowest BCUT2D eigenvalue weighted by atomic mass is 9.78. The molecule has 0 bridgehead atoms. The van der Waals surface area contributed by atoms with Crippen LogP contribution < -0.4 is 16.2 Å². The molecule has 0 saturated heterocycles. The first-order valence-electron chi connectivity index (χ1n) is 7.09. The number of halogens is 1. The van der Waals surface area contributed by atoms with Crippen LogP contribution in [-0.4, -0.2) is 17.1 Å². The monoisotopic (exact) mass is 345 g/mol. The van der Waals surface area contributed by atoms with E-state index in [0.29, 0.717) is 32.2 Å². The maximum Gasteiger partial charge on any atom is 0.279 e. The highest BCUT2D eigenvalue weighted by Crippen LogP contribution is 2.29. The SMILES string of the molecule is C[C@H]1[C@@H](NC(=S)NNC(=O)c2ccc(Cl)s2)CCC[C@@H]1C. The Balaban J connectivity index is 1.78. The van der Waals surface area contributed by atoms with Crippen molar-refractivity contribution in [1.82, 2.24) is 16.2 Å². The van der Waals surface area contributed by atoms with Crippen LogP contribution in [0.25, 0.3) is 0 Å². The second kappa shape index (κ2) is 7.42. The van der Waals surface area contributed by atoms with Gasteiger partial charge in [-0.2, -0.15) is 0 Å². The quantitative estimate of drug-likeness (QED) is 0.568. The van der Waals surface area contributed by atoms with Crippen molar-refractivity contribution < 1.29 is 4.79 Å². The Hall–Kier alpha value is -0.850. The lowest BCUT2D eigenvalue weighted by Crippen LogP contribution is -2.52. The normalized spacial score (nSPS) is 25.2. The molecule has 1 heterocycles. The molecule has 7 heteroatoms. The van der Waals surface area contributed by atoms with Crippen molar-refractivity contribution >= 4 is 46.2 Å². The van der Waals surface area contributed by atoms with E-state index in [1.165, 1.54) is 24.2 Å². The van der Waals surface area contributed by atoms with Gasteiger partial charge in [-0.1, -0.05) is 38.3 Å². The van der Waals surface area contributed by atoms with Gasteiger partial charge in [0.1, 0.15) is 0 Å². The Kier molecular flexibility index (Phi) is 5.84. The molecule has 1 aromatic rings. The molecule has 1 aliphatic carbocycles. The fraction of sp³-hybridized carbons (Fsp3) is 0.571. The van der Waals surface area contributed by atoms with Crippen LogP contribution in [0.1, 0.15) is 42.8 Å². The van der Waals surface area contributed by atoms with Crippen molar-refractivity contribution in [2.24, 2.45) is 11.8 Å². The summed E-state index contributed by atoms with van der Waals surface area (Å²) in [5, 5.41) is 3.75. The van der Waals surface area contributed by atoms with E-state index in [1.54, 1.807) is 12.1 Å². The van der Waals surface area contributed by atoms with Gasteiger partial charge < -0.3 is 5.32 Å². The zero-order valence-electron chi connectivity index (χ0n) is 12.1. The van der Waals surface area contributed by atoms with Crippen LogP contribution >= 0.6 is 35.2 Å². The molecule has 1 amide bonds. The Morgan fingerprint density at radius 1 is 1.33 bits per heavy atom. The van der Waals surface area contributed by atoms with E-state index in [0.717, 1.165) is 6.42 Å². The molecular formula is C14H20ClN3OS2. The summed E-state index contributed by atoms with van der Waals surface area (Å²) in [4.78, 5) is 12.4. The molecule has 3 N–H and O–H groups in total. The van der Waals surface area contributed by atoms with Crippen molar-refractivity contribution in [3.63, 3.8) is 0 Å². The molecule has 0 unspecified atom stereocenters. The van der Waals surface area contributed by atoms with Crippen LogP contribution in [-0.2, 0) is 0 Å². The van der Waals surface area contributed by atoms with Crippen molar-refractivity contribution in [3.05, 3.63) is 21.3 Å². The maximum absolute atomic E-state index is 11.9. The average molecular weight is 346 g/mol. The Morgan fingerprint density at radius 2 is 2.10 bits per heavy atom. The predicted octanol–water partition coefficient (Wildman–Crippen LogP) is 3.34. The van der Waals surface area contributed by atoms with Gasteiger partial charge in [0.2, 0.25) is 0 Å². The minimum atomic E-state index is -0.235. The highest BCUT2D eigenvalue weighted by Gasteiger charge is 2.27. The van der Waals surface area contributed by atoms with E-state index in [-0.39, 0.29) is 5.91 Å². The number of hydrogen-bond donors (Lipinski definition) is 3. The number of hydrogen-bond acceptors (Lipinski definition) is 3. The molecule has 0 aromatic carbocycles. The summed E-state index contributed by atoms with van der Waals surface area (Å²) < 4.78 is 0.589. The number of carbonyl (C=O) groups excluding carboxylic acids is 1. The van der Waals surface area contributed by atoms with Crippen LogP contribution in [0, 0.1) is 11.8 Å². The molecule has 0 aliphatic heterocycles. The fourth-order valence-corrected chi connectivity index (χ4v) is 3.74. The zero-order chi connectivity index (χ0) is 15.4. The summed E-state index contributed by atoms with van der Waals surface area (Å²) in [6.07, 6.45) is 3.60. The molecule has 1 fully saturated rings. The standard InChI is InChI=1S/C14H20ClN3OS2/c1-8-4-3-5-10(9(8)2)16-14(20)18-17-13(19)11-6-7-12(15)21-11/h6-10H,3-5H2,1-2H3,(H,17,19)(H2,16,18,20)/t8-,9+,10-/m0/s1. The third-order valence-electron chi connectivity index (χ3n) is 4.11. The molecule has 0 spiro atoms. The summed E-state index contributed by atoms with van der Waals surface area (Å²) in [6.45, 7) is 4.52. The topological polar surface area (TPSA) is 53.2 Å². The van der Waals surface area contributed by atoms with E-state index in [9.17, 15) is 4.79 Å². The first kappa shape index (κ1) is 16.5. The number of nitrogens with one attached hydrogen (secondary N) is 3. The van der Waals surface area contributed by atoms with Crippen LogP contribution in [0.4, 0.5) is 0 Å². The molecule has 1 saturated carbocycles. The predicted molar refractivity (Wildman–Crippen MR) is 91.6 cm³/mol. The van der Waals surface area contributed by atoms with Crippen LogP contribution in [0.15, 0.2) is 12.1 Å². The van der Waals surface area contributed by atoms with Crippen LogP contribution in [0.2, 0.25) is 4.34 Å². The fourth-order valence-electron chi connectivity index (χ4n) is 2.60. The molecule has 1 aliphatic rings. The Morgan fingerprint density at radius 3 is 2.76 bits per heavy atom. The van der Waals surface area contributed by atoms with E-state index < -0.39 is 0 Å². The minimum absolute atomic E-state index is 0.235. The van der Waals surface area contributed by atoms with Crippen LogP contribution in [0.5, 0.6) is 0 Å². The summed E-state index contributed by atoms with van der Waals surface area (Å²) in [5.74, 6) is 1.04. The third-order valence-corrected chi connectivity index (χ3v) is 5.56. The van der Waals surface area contributed by atoms with Gasteiger partial charge in [-0.05, 0) is 42.6 Å². The smallest absolute Gasteiger partial charge is 0.279 e. The van der Waals surface area contributed by atoms with Gasteiger partial charge in [0.25, 0.3) is 5.91 Å². The van der Waals surface area contributed by atoms with Gasteiger partial charge in [0.05, 0.1) is 9.21 Å². The van der Waals surface area contributed by atoms with Gasteiger partial charge in [-0.15, -0.1) is 11.3 Å². The summed E-state index contributed by atoms with van der Waals surface area (Å²) in [5.41, 5.74) is 5.34. The molecule has 3 atom stereocenters. The number of carbonyl (C=O) groups is 1. The number of hydrazine groups is 1. The number of amides is 1. The molecule has 1 aromatic heterocycles. The number of rotatable bonds is 2.